The number of hydrogen-bond acceptors (Lipinski definition) is 2. The summed E-state index contributed by atoms with van der Waals surface area (Å²) in [6.45, 7) is 1.92. The molecule has 1 aromatic carbocycles. The van der Waals surface area contributed by atoms with Crippen LogP contribution in [-0.4, -0.2) is 10.5 Å². The molecule has 1 fully saturated rings. The van der Waals surface area contributed by atoms with E-state index in [4.69, 9.17) is 4.42 Å². The first-order valence-corrected chi connectivity index (χ1v) is 7.19. The van der Waals surface area contributed by atoms with Crippen LogP contribution < -0.4 is 5.32 Å². The summed E-state index contributed by atoms with van der Waals surface area (Å²) in [5.74, 6) is 0.808. The van der Waals surface area contributed by atoms with Gasteiger partial charge in [0.1, 0.15) is 17.0 Å². The predicted molar refractivity (Wildman–Crippen MR) is 81.6 cm³/mol. The number of hydrogen-bond donors (Lipinski definition) is 1. The molecule has 0 radical (unpaired) electrons. The SMILES string of the molecule is Cc1cc2cc(NC(=O)c3cccn3C3CC3)ccc2o1. The Morgan fingerprint density at radius 3 is 2.95 bits per heavy atom. The fraction of sp³-hybridized carbons (Fsp3) is 0.235. The number of nitrogens with zero attached hydrogens (tertiary/aromatic N) is 1. The second-order valence-electron chi connectivity index (χ2n) is 5.60. The van der Waals surface area contributed by atoms with Gasteiger partial charge in [-0.25, -0.2) is 0 Å². The quantitative estimate of drug-likeness (QED) is 0.784. The van der Waals surface area contributed by atoms with Crippen LogP contribution in [0.5, 0.6) is 0 Å². The third-order valence-electron chi connectivity index (χ3n) is 3.85. The van der Waals surface area contributed by atoms with Crippen LogP contribution in [0.25, 0.3) is 11.0 Å². The molecule has 4 rings (SSSR count). The minimum absolute atomic E-state index is 0.0635. The number of carbonyl (C=O) groups is 1. The second kappa shape index (κ2) is 4.52. The van der Waals surface area contributed by atoms with E-state index >= 15 is 0 Å². The third kappa shape index (κ3) is 2.23. The highest BCUT2D eigenvalue weighted by molar-refractivity contribution is 6.04. The van der Waals surface area contributed by atoms with Gasteiger partial charge < -0.3 is 14.3 Å². The lowest BCUT2D eigenvalue weighted by molar-refractivity contribution is 0.101. The molecule has 2 aromatic heterocycles. The molecule has 0 aliphatic heterocycles. The second-order valence-corrected chi connectivity index (χ2v) is 5.60. The van der Waals surface area contributed by atoms with Crippen LogP contribution in [0.4, 0.5) is 5.69 Å². The topological polar surface area (TPSA) is 47.2 Å². The van der Waals surface area contributed by atoms with Crippen LogP contribution in [-0.2, 0) is 0 Å². The number of furan rings is 1. The van der Waals surface area contributed by atoms with Gasteiger partial charge in [-0.05, 0) is 56.2 Å². The molecule has 3 aromatic rings. The average molecular weight is 280 g/mol. The highest BCUT2D eigenvalue weighted by atomic mass is 16.3. The standard InChI is InChI=1S/C17H16N2O2/c1-11-9-12-10-13(4-7-16(12)21-11)18-17(20)15-3-2-8-19(15)14-5-6-14/h2-4,7-10,14H,5-6H2,1H3,(H,18,20). The molecule has 1 saturated carbocycles. The number of carbonyl (C=O) groups excluding carboxylic acids is 1. The maximum atomic E-state index is 12.4. The van der Waals surface area contributed by atoms with Crippen LogP contribution in [0.1, 0.15) is 35.1 Å². The molecule has 0 atom stereocenters. The van der Waals surface area contributed by atoms with Gasteiger partial charge in [-0.15, -0.1) is 0 Å². The van der Waals surface area contributed by atoms with E-state index in [1.807, 2.05) is 49.5 Å². The normalized spacial score (nSPS) is 14.5. The fourth-order valence-electron chi connectivity index (χ4n) is 2.71. The summed E-state index contributed by atoms with van der Waals surface area (Å²) in [6.07, 6.45) is 4.31. The van der Waals surface area contributed by atoms with E-state index in [0.29, 0.717) is 6.04 Å². The van der Waals surface area contributed by atoms with Crippen LogP contribution in [0, 0.1) is 6.92 Å². The van der Waals surface area contributed by atoms with Crippen molar-refractivity contribution < 1.29 is 9.21 Å². The van der Waals surface area contributed by atoms with E-state index in [9.17, 15) is 4.79 Å². The van der Waals surface area contributed by atoms with Gasteiger partial charge in [0, 0.05) is 23.3 Å². The van der Waals surface area contributed by atoms with Gasteiger partial charge in [-0.3, -0.25) is 4.79 Å². The first-order chi connectivity index (χ1) is 10.2. The van der Waals surface area contributed by atoms with Crippen molar-refractivity contribution in [3.63, 3.8) is 0 Å². The molecular formula is C17H16N2O2. The molecule has 1 amide bonds. The molecule has 0 spiro atoms. The van der Waals surface area contributed by atoms with Crippen molar-refractivity contribution in [2.45, 2.75) is 25.8 Å². The van der Waals surface area contributed by atoms with Crippen molar-refractivity contribution in [1.82, 2.24) is 4.57 Å². The van der Waals surface area contributed by atoms with Crippen LogP contribution in [0.15, 0.2) is 47.0 Å². The van der Waals surface area contributed by atoms with Gasteiger partial charge in [0.25, 0.3) is 5.91 Å². The number of fused-ring (bicyclic) bond motifs is 1. The van der Waals surface area contributed by atoms with E-state index in [1.165, 1.54) is 0 Å². The smallest absolute Gasteiger partial charge is 0.272 e. The van der Waals surface area contributed by atoms with Crippen molar-refractivity contribution in [1.29, 1.82) is 0 Å². The zero-order valence-electron chi connectivity index (χ0n) is 11.8. The fourth-order valence-corrected chi connectivity index (χ4v) is 2.71. The molecule has 0 bridgehead atoms. The highest BCUT2D eigenvalue weighted by Gasteiger charge is 2.26. The molecule has 4 heteroatoms. The summed E-state index contributed by atoms with van der Waals surface area (Å²) in [5, 5.41) is 3.97. The largest absolute Gasteiger partial charge is 0.461 e. The van der Waals surface area contributed by atoms with Gasteiger partial charge in [0.15, 0.2) is 0 Å². The van der Waals surface area contributed by atoms with Crippen molar-refractivity contribution >= 4 is 22.6 Å². The Morgan fingerprint density at radius 1 is 1.29 bits per heavy atom. The minimum atomic E-state index is -0.0635. The lowest BCUT2D eigenvalue weighted by atomic mass is 10.2. The van der Waals surface area contributed by atoms with Gasteiger partial charge in [0.2, 0.25) is 0 Å². The van der Waals surface area contributed by atoms with E-state index in [-0.39, 0.29) is 5.91 Å². The molecule has 2 heterocycles. The van der Waals surface area contributed by atoms with Gasteiger partial charge in [-0.1, -0.05) is 0 Å². The van der Waals surface area contributed by atoms with E-state index in [0.717, 1.165) is 41.0 Å². The van der Waals surface area contributed by atoms with E-state index in [2.05, 4.69) is 9.88 Å². The number of aryl methyl sites for hydroxylation is 1. The highest BCUT2D eigenvalue weighted by Crippen LogP contribution is 2.36. The molecule has 0 unspecified atom stereocenters. The Kier molecular flexibility index (Phi) is 2.64. The molecule has 0 saturated heterocycles. The summed E-state index contributed by atoms with van der Waals surface area (Å²) in [4.78, 5) is 12.4. The van der Waals surface area contributed by atoms with Crippen LogP contribution >= 0.6 is 0 Å². The van der Waals surface area contributed by atoms with Crippen LogP contribution in [0.3, 0.4) is 0 Å². The van der Waals surface area contributed by atoms with E-state index < -0.39 is 0 Å². The summed E-state index contributed by atoms with van der Waals surface area (Å²) in [5.41, 5.74) is 2.35. The number of aromatic nitrogens is 1. The summed E-state index contributed by atoms with van der Waals surface area (Å²) in [7, 11) is 0. The Balaban J connectivity index is 1.61. The first kappa shape index (κ1) is 12.3. The first-order valence-electron chi connectivity index (χ1n) is 7.19. The molecule has 1 aliphatic rings. The van der Waals surface area contributed by atoms with Crippen molar-refractivity contribution in [2.75, 3.05) is 5.32 Å². The lowest BCUT2D eigenvalue weighted by Gasteiger charge is -2.08. The van der Waals surface area contributed by atoms with Gasteiger partial charge in [-0.2, -0.15) is 0 Å². The Bertz CT molecular complexity index is 824. The third-order valence-corrected chi connectivity index (χ3v) is 3.85. The van der Waals surface area contributed by atoms with Crippen molar-refractivity contribution in [3.8, 4) is 0 Å². The predicted octanol–water partition coefficient (Wildman–Crippen LogP) is 4.13. The van der Waals surface area contributed by atoms with Crippen LogP contribution in [0.2, 0.25) is 0 Å². The number of rotatable bonds is 3. The molecule has 1 N–H and O–H groups in total. The summed E-state index contributed by atoms with van der Waals surface area (Å²) < 4.78 is 7.61. The number of benzene rings is 1. The van der Waals surface area contributed by atoms with Crippen molar-refractivity contribution in [2.24, 2.45) is 0 Å². The molecular weight excluding hydrogens is 264 g/mol. The van der Waals surface area contributed by atoms with Gasteiger partial charge in [0.05, 0.1) is 0 Å². The zero-order valence-corrected chi connectivity index (χ0v) is 11.8. The maximum Gasteiger partial charge on any atom is 0.272 e. The lowest BCUT2D eigenvalue weighted by Crippen LogP contribution is -2.16. The zero-order chi connectivity index (χ0) is 14.4. The average Bonchev–Trinajstić information content (AvgIpc) is 3.06. The summed E-state index contributed by atoms with van der Waals surface area (Å²) in [6, 6.07) is 12.0. The molecule has 106 valence electrons. The Morgan fingerprint density at radius 2 is 2.14 bits per heavy atom. The molecule has 4 nitrogen and oxygen atoms in total. The molecule has 1 aliphatic carbocycles. The maximum absolute atomic E-state index is 12.4. The van der Waals surface area contributed by atoms with Gasteiger partial charge >= 0.3 is 0 Å². The minimum Gasteiger partial charge on any atom is -0.461 e. The monoisotopic (exact) mass is 280 g/mol. The number of amides is 1. The van der Waals surface area contributed by atoms with Crippen molar-refractivity contribution in [3.05, 3.63) is 54.0 Å². The van der Waals surface area contributed by atoms with E-state index in [1.54, 1.807) is 0 Å². The number of nitrogens with one attached hydrogen (secondary N) is 1. The summed E-state index contributed by atoms with van der Waals surface area (Å²) >= 11 is 0. The Hall–Kier alpha value is -2.49. The number of anilines is 1. The molecule has 21 heavy (non-hydrogen) atoms. The Labute approximate surface area is 122 Å².